The number of methoxy groups -OCH3 is 2. The average molecular weight is 387 g/mol. The lowest BCUT2D eigenvalue weighted by atomic mass is 10.0. The van der Waals surface area contributed by atoms with Crippen molar-refractivity contribution in [1.82, 2.24) is 19.4 Å². The van der Waals surface area contributed by atoms with Gasteiger partial charge in [-0.1, -0.05) is 6.07 Å². The van der Waals surface area contributed by atoms with Crippen molar-refractivity contribution in [2.45, 2.75) is 45.3 Å². The largest absolute Gasteiger partial charge is 0.493 e. The first-order chi connectivity index (χ1) is 13.6. The van der Waals surface area contributed by atoms with Gasteiger partial charge >= 0.3 is 0 Å². The predicted molar refractivity (Wildman–Crippen MR) is 112 cm³/mol. The molecule has 0 aliphatic carbocycles. The standard InChI is InChI=1S/C22H34N4O2/c1-5-26-14-11-23-22(26)17-25-12-6-7-19(16-25)24(2)13-10-18-8-9-20(27-3)21(15-18)28-4/h8-9,11,14-15,19H,5-7,10,12-13,16-17H2,1-4H3/t19-/m1/s1. The zero-order valence-corrected chi connectivity index (χ0v) is 17.7. The highest BCUT2D eigenvalue weighted by atomic mass is 16.5. The van der Waals surface area contributed by atoms with E-state index >= 15 is 0 Å². The molecule has 0 saturated carbocycles. The zero-order chi connectivity index (χ0) is 19.9. The van der Waals surface area contributed by atoms with Gasteiger partial charge in [0, 0.05) is 38.1 Å². The maximum atomic E-state index is 5.43. The summed E-state index contributed by atoms with van der Waals surface area (Å²) in [7, 11) is 5.61. The summed E-state index contributed by atoms with van der Waals surface area (Å²) in [6.07, 6.45) is 7.51. The van der Waals surface area contributed by atoms with E-state index < -0.39 is 0 Å². The van der Waals surface area contributed by atoms with Gasteiger partial charge in [-0.15, -0.1) is 0 Å². The molecule has 6 heteroatoms. The van der Waals surface area contributed by atoms with Gasteiger partial charge < -0.3 is 18.9 Å². The molecule has 1 atom stereocenters. The van der Waals surface area contributed by atoms with Crippen LogP contribution in [0, 0.1) is 0 Å². The summed E-state index contributed by atoms with van der Waals surface area (Å²) < 4.78 is 13.0. The number of rotatable bonds is 9. The third-order valence-electron chi connectivity index (χ3n) is 5.81. The van der Waals surface area contributed by atoms with E-state index in [-0.39, 0.29) is 0 Å². The molecule has 28 heavy (non-hydrogen) atoms. The smallest absolute Gasteiger partial charge is 0.160 e. The number of ether oxygens (including phenoxy) is 2. The molecule has 1 fully saturated rings. The summed E-state index contributed by atoms with van der Waals surface area (Å²) in [6.45, 7) is 7.41. The monoisotopic (exact) mass is 386 g/mol. The second-order valence-corrected chi connectivity index (χ2v) is 7.58. The summed E-state index contributed by atoms with van der Waals surface area (Å²) in [6, 6.07) is 6.81. The minimum absolute atomic E-state index is 0.596. The summed E-state index contributed by atoms with van der Waals surface area (Å²) in [5.41, 5.74) is 1.28. The minimum atomic E-state index is 0.596. The van der Waals surface area contributed by atoms with Crippen LogP contribution >= 0.6 is 0 Å². The summed E-state index contributed by atoms with van der Waals surface area (Å²) in [5.74, 6) is 2.77. The first-order valence-corrected chi connectivity index (χ1v) is 10.3. The van der Waals surface area contributed by atoms with Gasteiger partial charge in [-0.25, -0.2) is 4.98 Å². The van der Waals surface area contributed by atoms with Crippen LogP contribution in [0.3, 0.4) is 0 Å². The van der Waals surface area contributed by atoms with Crippen LogP contribution < -0.4 is 9.47 Å². The number of imidazole rings is 1. The van der Waals surface area contributed by atoms with Gasteiger partial charge in [-0.05, 0) is 57.5 Å². The van der Waals surface area contributed by atoms with E-state index in [4.69, 9.17) is 9.47 Å². The molecule has 0 radical (unpaired) electrons. The maximum Gasteiger partial charge on any atom is 0.160 e. The molecule has 0 N–H and O–H groups in total. The van der Waals surface area contributed by atoms with Crippen molar-refractivity contribution in [3.05, 3.63) is 42.0 Å². The Kier molecular flexibility index (Phi) is 7.34. The van der Waals surface area contributed by atoms with Crippen molar-refractivity contribution in [2.75, 3.05) is 40.9 Å². The van der Waals surface area contributed by atoms with Gasteiger partial charge in [-0.2, -0.15) is 0 Å². The van der Waals surface area contributed by atoms with E-state index in [0.717, 1.165) is 50.6 Å². The Balaban J connectivity index is 1.53. The number of hydrogen-bond donors (Lipinski definition) is 0. The number of aryl methyl sites for hydroxylation is 1. The molecule has 0 spiro atoms. The van der Waals surface area contributed by atoms with Crippen molar-refractivity contribution < 1.29 is 9.47 Å². The molecular weight excluding hydrogens is 352 g/mol. The van der Waals surface area contributed by atoms with Crippen molar-refractivity contribution in [3.8, 4) is 11.5 Å². The number of aromatic nitrogens is 2. The van der Waals surface area contributed by atoms with Crippen LogP contribution in [-0.4, -0.2) is 66.3 Å². The molecule has 2 aromatic rings. The van der Waals surface area contributed by atoms with Gasteiger partial charge in [0.1, 0.15) is 5.82 Å². The second-order valence-electron chi connectivity index (χ2n) is 7.58. The normalized spacial score (nSPS) is 17.8. The molecule has 6 nitrogen and oxygen atoms in total. The number of likely N-dealkylation sites (tertiary alicyclic amines) is 1. The van der Waals surface area contributed by atoms with E-state index in [1.54, 1.807) is 14.2 Å². The van der Waals surface area contributed by atoms with Gasteiger partial charge in [-0.3, -0.25) is 4.90 Å². The Hall–Kier alpha value is -2.05. The highest BCUT2D eigenvalue weighted by Gasteiger charge is 2.24. The summed E-state index contributed by atoms with van der Waals surface area (Å²) >= 11 is 0. The van der Waals surface area contributed by atoms with Crippen LogP contribution in [0.2, 0.25) is 0 Å². The number of hydrogen-bond acceptors (Lipinski definition) is 5. The molecule has 0 bridgehead atoms. The van der Waals surface area contributed by atoms with Crippen LogP contribution in [0.5, 0.6) is 11.5 Å². The Morgan fingerprint density at radius 1 is 1.21 bits per heavy atom. The van der Waals surface area contributed by atoms with Crippen LogP contribution in [0.15, 0.2) is 30.6 Å². The SMILES string of the molecule is CCn1ccnc1CN1CCC[C@@H](N(C)CCc2ccc(OC)c(OC)c2)C1. The predicted octanol–water partition coefficient (Wildman–Crippen LogP) is 3.06. The second kappa shape index (κ2) is 9.94. The third-order valence-corrected chi connectivity index (χ3v) is 5.81. The van der Waals surface area contributed by atoms with Crippen molar-refractivity contribution in [2.24, 2.45) is 0 Å². The summed E-state index contributed by atoms with van der Waals surface area (Å²) in [5, 5.41) is 0. The first kappa shape index (κ1) is 20.7. The fourth-order valence-electron chi connectivity index (χ4n) is 4.04. The summed E-state index contributed by atoms with van der Waals surface area (Å²) in [4.78, 5) is 9.60. The van der Waals surface area contributed by atoms with E-state index in [0.29, 0.717) is 6.04 Å². The minimum Gasteiger partial charge on any atom is -0.493 e. The molecule has 0 unspecified atom stereocenters. The molecule has 0 amide bonds. The quantitative estimate of drug-likeness (QED) is 0.663. The van der Waals surface area contributed by atoms with Crippen LogP contribution in [0.25, 0.3) is 0 Å². The van der Waals surface area contributed by atoms with E-state index in [1.165, 1.54) is 24.2 Å². The number of nitrogens with zero attached hydrogens (tertiary/aromatic N) is 4. The maximum absolute atomic E-state index is 5.43. The molecular formula is C22H34N4O2. The molecule has 154 valence electrons. The fourth-order valence-corrected chi connectivity index (χ4v) is 4.04. The van der Waals surface area contributed by atoms with E-state index in [9.17, 15) is 0 Å². The van der Waals surface area contributed by atoms with Gasteiger partial charge in [0.2, 0.25) is 0 Å². The zero-order valence-electron chi connectivity index (χ0n) is 17.7. The highest BCUT2D eigenvalue weighted by Crippen LogP contribution is 2.28. The molecule has 1 aromatic heterocycles. The number of piperidine rings is 1. The Morgan fingerprint density at radius 3 is 2.79 bits per heavy atom. The fraction of sp³-hybridized carbons (Fsp3) is 0.591. The van der Waals surface area contributed by atoms with Gasteiger partial charge in [0.05, 0.1) is 20.8 Å². The lowest BCUT2D eigenvalue weighted by Gasteiger charge is -2.37. The topological polar surface area (TPSA) is 42.8 Å². The van der Waals surface area contributed by atoms with Crippen molar-refractivity contribution >= 4 is 0 Å². The van der Waals surface area contributed by atoms with Crippen LogP contribution in [0.4, 0.5) is 0 Å². The van der Waals surface area contributed by atoms with Gasteiger partial charge in [0.15, 0.2) is 11.5 Å². The van der Waals surface area contributed by atoms with Crippen molar-refractivity contribution in [3.63, 3.8) is 0 Å². The van der Waals surface area contributed by atoms with Crippen LogP contribution in [-0.2, 0) is 19.5 Å². The Bertz CT molecular complexity index is 746. The Morgan fingerprint density at radius 2 is 2.04 bits per heavy atom. The first-order valence-electron chi connectivity index (χ1n) is 10.3. The lowest BCUT2D eigenvalue weighted by Crippen LogP contribution is -2.46. The van der Waals surface area contributed by atoms with E-state index in [2.05, 4.69) is 51.7 Å². The average Bonchev–Trinajstić information content (AvgIpc) is 3.18. The third kappa shape index (κ3) is 5.06. The molecule has 1 aliphatic heterocycles. The van der Waals surface area contributed by atoms with Gasteiger partial charge in [0.25, 0.3) is 0 Å². The molecule has 1 aliphatic rings. The number of benzene rings is 1. The van der Waals surface area contributed by atoms with Crippen molar-refractivity contribution in [1.29, 1.82) is 0 Å². The molecule has 1 saturated heterocycles. The molecule has 2 heterocycles. The van der Waals surface area contributed by atoms with Crippen LogP contribution in [0.1, 0.15) is 31.2 Å². The van der Waals surface area contributed by atoms with E-state index in [1.807, 2.05) is 12.3 Å². The number of likely N-dealkylation sites (N-methyl/N-ethyl adjacent to an activating group) is 1. The molecule has 3 rings (SSSR count). The highest BCUT2D eigenvalue weighted by molar-refractivity contribution is 5.42. The Labute approximate surface area is 169 Å². The molecule has 1 aromatic carbocycles. The lowest BCUT2D eigenvalue weighted by molar-refractivity contribution is 0.109.